The van der Waals surface area contributed by atoms with Crippen LogP contribution in [0.3, 0.4) is 0 Å². The Kier molecular flexibility index (Phi) is 9.52. The third-order valence-electron chi connectivity index (χ3n) is 8.12. The Morgan fingerprint density at radius 1 is 0.960 bits per heavy atom. The summed E-state index contributed by atoms with van der Waals surface area (Å²) in [5.74, 6) is 1.79. The first-order valence-corrected chi connectivity index (χ1v) is 18.3. The van der Waals surface area contributed by atoms with E-state index < -0.39 is 6.03 Å². The Morgan fingerprint density at radius 3 is 2.48 bits per heavy atom. The van der Waals surface area contributed by atoms with Gasteiger partial charge in [-0.05, 0) is 67.5 Å². The van der Waals surface area contributed by atoms with E-state index in [-0.39, 0.29) is 13.3 Å². The zero-order valence-corrected chi connectivity index (χ0v) is 29.8. The number of hydrogen-bond donors (Lipinski definition) is 5. The molecule has 12 heteroatoms. The van der Waals surface area contributed by atoms with Gasteiger partial charge in [-0.1, -0.05) is 65.1 Å². The first-order chi connectivity index (χ1) is 23.9. The highest BCUT2D eigenvalue weighted by atomic mass is 31.1. The molecule has 11 nitrogen and oxygen atoms in total. The summed E-state index contributed by atoms with van der Waals surface area (Å²) in [6, 6.07) is 26.4. The number of carbonyl (C=O) groups is 1. The largest absolute Gasteiger partial charge is 0.438 e. The summed E-state index contributed by atoms with van der Waals surface area (Å²) in [5, 5.41) is 24.6. The Morgan fingerprint density at radius 2 is 1.74 bits per heavy atom. The van der Waals surface area contributed by atoms with Crippen molar-refractivity contribution in [3.8, 4) is 17.3 Å². The minimum atomic E-state index is -0.398. The van der Waals surface area contributed by atoms with Crippen LogP contribution in [0.5, 0.6) is 11.6 Å². The van der Waals surface area contributed by atoms with Crippen molar-refractivity contribution in [2.24, 2.45) is 0 Å². The van der Waals surface area contributed by atoms with Gasteiger partial charge in [0, 0.05) is 57.7 Å². The molecule has 0 aliphatic carbocycles. The van der Waals surface area contributed by atoms with E-state index in [4.69, 9.17) is 21.0 Å². The van der Waals surface area contributed by atoms with Gasteiger partial charge in [0.05, 0.1) is 17.1 Å². The van der Waals surface area contributed by atoms with E-state index in [2.05, 4.69) is 72.2 Å². The molecule has 0 aliphatic heterocycles. The predicted octanol–water partition coefficient (Wildman–Crippen LogP) is 8.55. The first kappa shape index (κ1) is 34.1. The van der Waals surface area contributed by atoms with E-state index in [1.54, 1.807) is 35.1 Å². The number of anilines is 5. The fourth-order valence-corrected chi connectivity index (χ4v) is 6.17. The van der Waals surface area contributed by atoms with E-state index in [0.29, 0.717) is 46.0 Å². The zero-order chi connectivity index (χ0) is 35.6. The van der Waals surface area contributed by atoms with Crippen molar-refractivity contribution < 1.29 is 9.53 Å². The molecule has 2 aromatic heterocycles. The maximum atomic E-state index is 13.6. The molecule has 6 aromatic rings. The van der Waals surface area contributed by atoms with Crippen molar-refractivity contribution >= 4 is 65.1 Å². The van der Waals surface area contributed by atoms with Crippen molar-refractivity contribution in [2.75, 3.05) is 35.0 Å². The number of carbonyl (C=O) groups excluding carboxylic acids is 1. The molecule has 0 atom stereocenters. The van der Waals surface area contributed by atoms with Gasteiger partial charge in [0.25, 0.3) is 0 Å². The molecule has 0 radical (unpaired) electrons. The fraction of sp³-hybridized carbons (Fsp3) is 0.184. The predicted molar refractivity (Wildman–Crippen MR) is 206 cm³/mol. The number of hydrogen-bond acceptors (Lipinski definition) is 8. The molecule has 0 fully saturated rings. The van der Waals surface area contributed by atoms with Crippen molar-refractivity contribution in [3.63, 3.8) is 0 Å². The Bertz CT molecular complexity index is 2220. The summed E-state index contributed by atoms with van der Waals surface area (Å²) in [4.78, 5) is 22.4. The quantitative estimate of drug-likeness (QED) is 0.0580. The van der Waals surface area contributed by atoms with Crippen LogP contribution in [-0.2, 0) is 5.41 Å². The molecule has 0 bridgehead atoms. The molecule has 6 N–H and O–H groups in total. The molecule has 6 rings (SSSR count). The molecule has 2 heterocycles. The van der Waals surface area contributed by atoms with Crippen molar-refractivity contribution in [1.82, 2.24) is 19.7 Å². The number of nitrogens with two attached hydrogens (primary N) is 1. The maximum Gasteiger partial charge on any atom is 0.324 e. The van der Waals surface area contributed by atoms with Gasteiger partial charge in [0.2, 0.25) is 11.8 Å². The first-order valence-electron chi connectivity index (χ1n) is 16.1. The molecule has 0 unspecified atom stereocenters. The van der Waals surface area contributed by atoms with Crippen LogP contribution in [-0.4, -0.2) is 45.3 Å². The Labute approximate surface area is 292 Å². The van der Waals surface area contributed by atoms with E-state index in [1.165, 1.54) is 11.5 Å². The fourth-order valence-electron chi connectivity index (χ4n) is 5.39. The normalized spacial score (nSPS) is 11.4. The standard InChI is InChI=1S/C38H40N9O2P/c1-23-18-25(19-24(22-39)35(23)40)42-36-41-17-16-34(45-36)49-31-15-14-30(28-12-7-8-13-29(28)31)43-37(48)44-33-21-32(38(2,3)4)46-47(33)26-10-9-11-27(20-26)50(5)6/h7-22,39H,40H2,1-6H3,(H,41,42,45)(H2,43,44,48). The van der Waals surface area contributed by atoms with Crippen LogP contribution in [0.15, 0.2) is 91.1 Å². The van der Waals surface area contributed by atoms with Crippen LogP contribution in [0.4, 0.5) is 33.6 Å². The number of rotatable bonds is 9. The number of fused-ring (bicyclic) bond motifs is 1. The van der Waals surface area contributed by atoms with Gasteiger partial charge in [-0.15, -0.1) is 0 Å². The number of aryl methyl sites for hydroxylation is 1. The maximum absolute atomic E-state index is 13.6. The molecular formula is C38H40N9O2P. The molecule has 50 heavy (non-hydrogen) atoms. The van der Waals surface area contributed by atoms with Crippen LogP contribution in [0.2, 0.25) is 0 Å². The van der Waals surface area contributed by atoms with Gasteiger partial charge in [-0.2, -0.15) is 10.1 Å². The molecule has 254 valence electrons. The number of benzene rings is 4. The monoisotopic (exact) mass is 685 g/mol. The highest BCUT2D eigenvalue weighted by molar-refractivity contribution is 7.64. The summed E-state index contributed by atoms with van der Waals surface area (Å²) < 4.78 is 8.05. The zero-order valence-electron chi connectivity index (χ0n) is 28.9. The van der Waals surface area contributed by atoms with Gasteiger partial charge in [-0.3, -0.25) is 5.32 Å². The van der Waals surface area contributed by atoms with Crippen LogP contribution in [0.25, 0.3) is 16.5 Å². The van der Waals surface area contributed by atoms with E-state index in [9.17, 15) is 4.79 Å². The lowest BCUT2D eigenvalue weighted by Crippen LogP contribution is -2.21. The van der Waals surface area contributed by atoms with Crippen molar-refractivity contribution in [2.45, 2.75) is 33.1 Å². The van der Waals surface area contributed by atoms with Gasteiger partial charge in [0.1, 0.15) is 11.6 Å². The lowest BCUT2D eigenvalue weighted by atomic mass is 9.92. The molecular weight excluding hydrogens is 645 g/mol. The Hall–Kier alpha value is -5.80. The van der Waals surface area contributed by atoms with Crippen LogP contribution < -0.4 is 31.7 Å². The molecule has 0 saturated carbocycles. The smallest absolute Gasteiger partial charge is 0.324 e. The number of aromatic nitrogens is 4. The van der Waals surface area contributed by atoms with Gasteiger partial charge >= 0.3 is 6.03 Å². The summed E-state index contributed by atoms with van der Waals surface area (Å²) in [7, 11) is -0.302. The second kappa shape index (κ2) is 14.0. The summed E-state index contributed by atoms with van der Waals surface area (Å²) in [6.45, 7) is 12.6. The molecule has 2 amide bonds. The minimum Gasteiger partial charge on any atom is -0.438 e. The number of amides is 2. The third-order valence-corrected chi connectivity index (χ3v) is 9.43. The highest BCUT2D eigenvalue weighted by Gasteiger charge is 2.22. The van der Waals surface area contributed by atoms with Crippen LogP contribution >= 0.6 is 7.92 Å². The number of ether oxygens (including phenoxy) is 1. The number of nitrogens with zero attached hydrogens (tertiary/aromatic N) is 4. The molecule has 0 aliphatic rings. The van der Waals surface area contributed by atoms with Crippen molar-refractivity contribution in [3.05, 3.63) is 108 Å². The third kappa shape index (κ3) is 7.43. The average Bonchev–Trinajstić information content (AvgIpc) is 3.52. The minimum absolute atomic E-state index is 0.218. The van der Waals surface area contributed by atoms with Gasteiger partial charge < -0.3 is 26.5 Å². The second-order valence-electron chi connectivity index (χ2n) is 13.1. The highest BCUT2D eigenvalue weighted by Crippen LogP contribution is 2.35. The SMILES string of the molecule is Cc1cc(Nc2nccc(Oc3ccc(NC(=O)Nc4cc(C(C)(C)C)nn4-c4cccc(P(C)C)c4)c4ccccc34)n2)cc(C=N)c1N. The van der Waals surface area contributed by atoms with E-state index >= 15 is 0 Å². The molecule has 4 aromatic carbocycles. The summed E-state index contributed by atoms with van der Waals surface area (Å²) in [5.41, 5.74) is 10.9. The van der Waals surface area contributed by atoms with Crippen LogP contribution in [0.1, 0.15) is 37.6 Å². The summed E-state index contributed by atoms with van der Waals surface area (Å²) >= 11 is 0. The average molecular weight is 686 g/mol. The number of urea groups is 1. The topological polar surface area (TPSA) is 156 Å². The van der Waals surface area contributed by atoms with Crippen LogP contribution in [0, 0.1) is 12.3 Å². The molecule has 0 spiro atoms. The number of nitrogens with one attached hydrogen (secondary N) is 4. The van der Waals surface area contributed by atoms with Gasteiger partial charge in [0.15, 0.2) is 0 Å². The van der Waals surface area contributed by atoms with E-state index in [1.807, 2.05) is 55.5 Å². The van der Waals surface area contributed by atoms with Gasteiger partial charge in [-0.25, -0.2) is 14.5 Å². The second-order valence-corrected chi connectivity index (χ2v) is 15.4. The van der Waals surface area contributed by atoms with Crippen molar-refractivity contribution in [1.29, 1.82) is 5.41 Å². The summed E-state index contributed by atoms with van der Waals surface area (Å²) in [6.07, 6.45) is 2.82. The lowest BCUT2D eigenvalue weighted by Gasteiger charge is -2.15. The molecule has 0 saturated heterocycles. The number of nitrogen functional groups attached to an aromatic ring is 1. The Balaban J connectivity index is 1.24. The lowest BCUT2D eigenvalue weighted by molar-refractivity contribution is 0.262. The van der Waals surface area contributed by atoms with E-state index in [0.717, 1.165) is 27.7 Å².